The first-order valence-corrected chi connectivity index (χ1v) is 10.1. The van der Waals surface area contributed by atoms with Crippen LogP contribution < -0.4 is 5.32 Å². The number of nitrogens with zero attached hydrogens (tertiary/aromatic N) is 1. The third-order valence-corrected chi connectivity index (χ3v) is 5.62. The van der Waals surface area contributed by atoms with Gasteiger partial charge in [-0.2, -0.15) is 4.31 Å². The lowest BCUT2D eigenvalue weighted by Gasteiger charge is -2.20. The molecule has 0 aliphatic heterocycles. The molecule has 0 aliphatic carbocycles. The van der Waals surface area contributed by atoms with Crippen LogP contribution in [-0.4, -0.2) is 31.4 Å². The third kappa shape index (κ3) is 5.62. The summed E-state index contributed by atoms with van der Waals surface area (Å²) >= 11 is 3.37. The zero-order chi connectivity index (χ0) is 18.6. The van der Waals surface area contributed by atoms with Gasteiger partial charge < -0.3 is 5.32 Å². The van der Waals surface area contributed by atoms with Gasteiger partial charge in [0.1, 0.15) is 5.82 Å². The molecule has 1 amide bonds. The van der Waals surface area contributed by atoms with Crippen molar-refractivity contribution in [3.8, 4) is 0 Å². The van der Waals surface area contributed by atoms with Crippen LogP contribution in [0.1, 0.15) is 11.1 Å². The predicted octanol–water partition coefficient (Wildman–Crippen LogP) is 3.30. The van der Waals surface area contributed by atoms with E-state index in [1.807, 2.05) is 6.92 Å². The zero-order valence-corrected chi connectivity index (χ0v) is 16.2. The molecule has 0 aliphatic rings. The fraction of sp³-hybridized carbons (Fsp3) is 0.235. The Morgan fingerprint density at radius 1 is 1.24 bits per heavy atom. The third-order valence-electron chi connectivity index (χ3n) is 3.54. The first-order chi connectivity index (χ1) is 11.7. The molecule has 0 atom stereocenters. The lowest BCUT2D eigenvalue weighted by atomic mass is 10.2. The first kappa shape index (κ1) is 19.6. The molecule has 0 aromatic heterocycles. The lowest BCUT2D eigenvalue weighted by molar-refractivity contribution is -0.116. The highest BCUT2D eigenvalue weighted by atomic mass is 79.9. The Morgan fingerprint density at radius 3 is 2.52 bits per heavy atom. The highest BCUT2D eigenvalue weighted by Crippen LogP contribution is 2.20. The normalized spacial score (nSPS) is 11.6. The lowest BCUT2D eigenvalue weighted by Crippen LogP contribution is -2.37. The van der Waals surface area contributed by atoms with Crippen molar-refractivity contribution < 1.29 is 17.6 Å². The van der Waals surface area contributed by atoms with Crippen LogP contribution in [0.15, 0.2) is 46.9 Å². The Balaban J connectivity index is 2.13. The van der Waals surface area contributed by atoms with Crippen LogP contribution in [0.5, 0.6) is 0 Å². The van der Waals surface area contributed by atoms with Crippen LogP contribution in [0.3, 0.4) is 0 Å². The van der Waals surface area contributed by atoms with E-state index in [2.05, 4.69) is 21.2 Å². The molecule has 5 nitrogen and oxygen atoms in total. The fourth-order valence-corrected chi connectivity index (χ4v) is 3.16. The van der Waals surface area contributed by atoms with Crippen molar-refractivity contribution in [3.63, 3.8) is 0 Å². The average Bonchev–Trinajstić information content (AvgIpc) is 2.51. The number of rotatable bonds is 6. The molecule has 25 heavy (non-hydrogen) atoms. The Hall–Kier alpha value is -1.77. The number of aryl methyl sites for hydroxylation is 1. The molecule has 0 bridgehead atoms. The van der Waals surface area contributed by atoms with Crippen molar-refractivity contribution in [2.45, 2.75) is 13.5 Å². The Labute approximate surface area is 155 Å². The molecule has 2 aromatic rings. The summed E-state index contributed by atoms with van der Waals surface area (Å²) in [6.45, 7) is 1.27. The average molecular weight is 429 g/mol. The number of anilines is 1. The smallest absolute Gasteiger partial charge is 0.239 e. The maximum absolute atomic E-state index is 13.8. The van der Waals surface area contributed by atoms with Crippen LogP contribution in [0.25, 0.3) is 0 Å². The van der Waals surface area contributed by atoms with Gasteiger partial charge in [0.25, 0.3) is 0 Å². The topological polar surface area (TPSA) is 66.5 Å². The van der Waals surface area contributed by atoms with Gasteiger partial charge in [0, 0.05) is 22.3 Å². The maximum atomic E-state index is 13.8. The van der Waals surface area contributed by atoms with Crippen LogP contribution in [-0.2, 0) is 21.4 Å². The monoisotopic (exact) mass is 428 g/mol. The van der Waals surface area contributed by atoms with E-state index in [1.54, 1.807) is 24.3 Å². The molecule has 0 unspecified atom stereocenters. The maximum Gasteiger partial charge on any atom is 0.239 e. The first-order valence-electron chi connectivity index (χ1n) is 7.41. The second-order valence-corrected chi connectivity index (χ2v) is 8.47. The Bertz CT molecular complexity index is 887. The minimum atomic E-state index is -3.68. The highest BCUT2D eigenvalue weighted by Gasteiger charge is 2.22. The van der Waals surface area contributed by atoms with Gasteiger partial charge in [0.15, 0.2) is 0 Å². The molecule has 0 heterocycles. The van der Waals surface area contributed by atoms with E-state index in [0.29, 0.717) is 5.69 Å². The zero-order valence-electron chi connectivity index (χ0n) is 13.8. The summed E-state index contributed by atoms with van der Waals surface area (Å²) in [7, 11) is -3.68. The summed E-state index contributed by atoms with van der Waals surface area (Å²) in [5.41, 5.74) is 1.70. The minimum absolute atomic E-state index is 0.209. The predicted molar refractivity (Wildman–Crippen MR) is 99.2 cm³/mol. The van der Waals surface area contributed by atoms with E-state index >= 15 is 0 Å². The van der Waals surface area contributed by atoms with E-state index in [0.717, 1.165) is 20.6 Å². The largest absolute Gasteiger partial charge is 0.325 e. The van der Waals surface area contributed by atoms with Crippen molar-refractivity contribution >= 4 is 37.5 Å². The van der Waals surface area contributed by atoms with Crippen LogP contribution in [0, 0.1) is 12.7 Å². The van der Waals surface area contributed by atoms with Gasteiger partial charge in [0.05, 0.1) is 12.8 Å². The Morgan fingerprint density at radius 2 is 1.92 bits per heavy atom. The van der Waals surface area contributed by atoms with E-state index in [4.69, 9.17) is 0 Å². The number of benzene rings is 2. The van der Waals surface area contributed by atoms with Gasteiger partial charge in [-0.1, -0.05) is 34.1 Å². The van der Waals surface area contributed by atoms with E-state index in [9.17, 15) is 17.6 Å². The van der Waals surface area contributed by atoms with Gasteiger partial charge >= 0.3 is 0 Å². The second-order valence-electron chi connectivity index (χ2n) is 5.63. The molecular formula is C17H18BrFN2O3S. The molecule has 1 N–H and O–H groups in total. The number of amides is 1. The molecule has 0 saturated carbocycles. The number of sulfonamides is 1. The van der Waals surface area contributed by atoms with Crippen LogP contribution in [0.4, 0.5) is 10.1 Å². The molecule has 0 spiro atoms. The standard InChI is InChI=1S/C17H18BrFN2O3S/c1-12-9-14(7-8-15(12)18)20-17(22)11-21(25(2,23)24)10-13-5-3-4-6-16(13)19/h3-9H,10-11H2,1-2H3,(H,20,22). The minimum Gasteiger partial charge on any atom is -0.325 e. The van der Waals surface area contributed by atoms with Crippen molar-refractivity contribution in [2.24, 2.45) is 0 Å². The van der Waals surface area contributed by atoms with Crippen LogP contribution >= 0.6 is 15.9 Å². The quantitative estimate of drug-likeness (QED) is 0.767. The molecule has 2 aromatic carbocycles. The number of nitrogens with one attached hydrogen (secondary N) is 1. The SMILES string of the molecule is Cc1cc(NC(=O)CN(Cc2ccccc2F)S(C)(=O)=O)ccc1Br. The summed E-state index contributed by atoms with van der Waals surface area (Å²) in [5.74, 6) is -1.01. The van der Waals surface area contributed by atoms with Gasteiger partial charge in [-0.05, 0) is 36.8 Å². The molecule has 134 valence electrons. The van der Waals surface area contributed by atoms with E-state index < -0.39 is 28.3 Å². The number of hydrogen-bond donors (Lipinski definition) is 1. The second kappa shape index (κ2) is 8.07. The van der Waals surface area contributed by atoms with Gasteiger partial charge in [-0.25, -0.2) is 12.8 Å². The molecule has 8 heteroatoms. The van der Waals surface area contributed by atoms with E-state index in [1.165, 1.54) is 18.2 Å². The van der Waals surface area contributed by atoms with Gasteiger partial charge in [-0.15, -0.1) is 0 Å². The number of carbonyl (C=O) groups excluding carboxylic acids is 1. The van der Waals surface area contributed by atoms with Crippen molar-refractivity contribution in [3.05, 3.63) is 63.9 Å². The molecular weight excluding hydrogens is 411 g/mol. The Kier molecular flexibility index (Phi) is 6.31. The summed E-state index contributed by atoms with van der Waals surface area (Å²) in [6.07, 6.45) is 0.991. The van der Waals surface area contributed by atoms with E-state index in [-0.39, 0.29) is 12.1 Å². The van der Waals surface area contributed by atoms with Crippen molar-refractivity contribution in [1.82, 2.24) is 4.31 Å². The summed E-state index contributed by atoms with van der Waals surface area (Å²) in [4.78, 5) is 12.2. The van der Waals surface area contributed by atoms with Crippen LogP contribution in [0.2, 0.25) is 0 Å². The summed E-state index contributed by atoms with van der Waals surface area (Å²) < 4.78 is 39.5. The number of halogens is 2. The van der Waals surface area contributed by atoms with Gasteiger partial charge in [-0.3, -0.25) is 4.79 Å². The van der Waals surface area contributed by atoms with Crippen molar-refractivity contribution in [2.75, 3.05) is 18.1 Å². The molecule has 2 rings (SSSR count). The number of hydrogen-bond acceptors (Lipinski definition) is 3. The highest BCUT2D eigenvalue weighted by molar-refractivity contribution is 9.10. The fourth-order valence-electron chi connectivity index (χ4n) is 2.19. The van der Waals surface area contributed by atoms with Crippen molar-refractivity contribution in [1.29, 1.82) is 0 Å². The van der Waals surface area contributed by atoms with Gasteiger partial charge in [0.2, 0.25) is 15.9 Å². The molecule has 0 fully saturated rings. The summed E-state index contributed by atoms with van der Waals surface area (Å²) in [6, 6.07) is 11.1. The summed E-state index contributed by atoms with van der Waals surface area (Å²) in [5, 5.41) is 2.65. The molecule has 0 radical (unpaired) electrons. The molecule has 0 saturated heterocycles. The number of carbonyl (C=O) groups is 1.